The number of halogens is 1. The standard InChI is InChI=1S/C10H14FN3O/c1-14-10(12)8(11)9(13-14)6-4-5-2-3-7(6)15-5/h5-7H,2-4,12H2,1H3/t5-,6-,7+/m1/s1. The maximum absolute atomic E-state index is 13.7. The second kappa shape index (κ2) is 2.95. The number of aryl methyl sites for hydroxylation is 1. The zero-order valence-corrected chi connectivity index (χ0v) is 8.61. The minimum atomic E-state index is -0.362. The summed E-state index contributed by atoms with van der Waals surface area (Å²) in [5.74, 6) is -0.140. The summed E-state index contributed by atoms with van der Waals surface area (Å²) in [6, 6.07) is 0. The van der Waals surface area contributed by atoms with Crippen LogP contribution in [0.25, 0.3) is 0 Å². The van der Waals surface area contributed by atoms with E-state index < -0.39 is 0 Å². The molecule has 0 spiro atoms. The topological polar surface area (TPSA) is 53.1 Å². The van der Waals surface area contributed by atoms with E-state index in [9.17, 15) is 4.39 Å². The Labute approximate surface area is 87.2 Å². The number of ether oxygens (including phenoxy) is 1. The number of hydrogen-bond donors (Lipinski definition) is 1. The summed E-state index contributed by atoms with van der Waals surface area (Å²) in [6.07, 6.45) is 3.47. The van der Waals surface area contributed by atoms with Gasteiger partial charge < -0.3 is 10.5 Å². The van der Waals surface area contributed by atoms with E-state index >= 15 is 0 Å². The first kappa shape index (κ1) is 9.15. The van der Waals surface area contributed by atoms with Gasteiger partial charge in [-0.1, -0.05) is 0 Å². The third-order valence-corrected chi connectivity index (χ3v) is 3.51. The largest absolute Gasteiger partial charge is 0.381 e. The Bertz CT molecular complexity index is 404. The van der Waals surface area contributed by atoms with Gasteiger partial charge in [0.25, 0.3) is 0 Å². The van der Waals surface area contributed by atoms with Crippen molar-refractivity contribution in [2.45, 2.75) is 37.4 Å². The van der Waals surface area contributed by atoms with E-state index in [1.54, 1.807) is 7.05 Å². The fourth-order valence-electron chi connectivity index (χ4n) is 2.70. The second-order valence-corrected chi connectivity index (χ2v) is 4.42. The molecule has 0 saturated carbocycles. The first-order valence-corrected chi connectivity index (χ1v) is 5.30. The average molecular weight is 211 g/mol. The Morgan fingerprint density at radius 2 is 2.33 bits per heavy atom. The van der Waals surface area contributed by atoms with Crippen molar-refractivity contribution in [3.8, 4) is 0 Å². The number of nitrogen functional groups attached to an aromatic ring is 1. The van der Waals surface area contributed by atoms with Crippen LogP contribution < -0.4 is 5.73 Å². The van der Waals surface area contributed by atoms with Crippen LogP contribution in [0.2, 0.25) is 0 Å². The van der Waals surface area contributed by atoms with Gasteiger partial charge in [-0.15, -0.1) is 0 Å². The molecule has 0 amide bonds. The first-order chi connectivity index (χ1) is 7.16. The molecule has 5 heteroatoms. The van der Waals surface area contributed by atoms with Crippen molar-refractivity contribution in [1.82, 2.24) is 9.78 Å². The summed E-state index contributed by atoms with van der Waals surface area (Å²) in [5, 5.41) is 4.15. The first-order valence-electron chi connectivity index (χ1n) is 5.30. The van der Waals surface area contributed by atoms with Gasteiger partial charge in [0.2, 0.25) is 0 Å². The minimum Gasteiger partial charge on any atom is -0.381 e. The molecule has 3 heterocycles. The zero-order valence-electron chi connectivity index (χ0n) is 8.61. The van der Waals surface area contributed by atoms with Gasteiger partial charge in [-0.25, -0.2) is 4.39 Å². The predicted octanol–water partition coefficient (Wildman–Crippen LogP) is 1.18. The molecule has 1 aromatic rings. The highest BCUT2D eigenvalue weighted by molar-refractivity contribution is 5.36. The van der Waals surface area contributed by atoms with E-state index in [0.717, 1.165) is 19.3 Å². The van der Waals surface area contributed by atoms with Gasteiger partial charge in [0.1, 0.15) is 5.69 Å². The summed E-state index contributed by atoms with van der Waals surface area (Å²) in [7, 11) is 1.66. The van der Waals surface area contributed by atoms with Crippen LogP contribution in [0, 0.1) is 5.82 Å². The summed E-state index contributed by atoms with van der Waals surface area (Å²) in [4.78, 5) is 0. The summed E-state index contributed by atoms with van der Waals surface area (Å²) < 4.78 is 20.8. The summed E-state index contributed by atoms with van der Waals surface area (Å²) in [6.45, 7) is 0. The molecule has 1 aromatic heterocycles. The molecule has 2 bridgehead atoms. The van der Waals surface area contributed by atoms with E-state index in [-0.39, 0.29) is 23.7 Å². The third kappa shape index (κ3) is 1.19. The van der Waals surface area contributed by atoms with Crippen LogP contribution in [0.5, 0.6) is 0 Å². The van der Waals surface area contributed by atoms with E-state index in [2.05, 4.69) is 5.10 Å². The van der Waals surface area contributed by atoms with Crippen molar-refractivity contribution in [2.75, 3.05) is 5.73 Å². The molecule has 2 saturated heterocycles. The maximum Gasteiger partial charge on any atom is 0.188 e. The SMILES string of the molecule is Cn1nc([C@@H]2C[C@H]3CC[C@@H]2O3)c(F)c1N. The Hall–Kier alpha value is -1.10. The fourth-order valence-corrected chi connectivity index (χ4v) is 2.70. The van der Waals surface area contributed by atoms with Crippen LogP contribution in [-0.2, 0) is 11.8 Å². The van der Waals surface area contributed by atoms with Crippen molar-refractivity contribution in [3.63, 3.8) is 0 Å². The van der Waals surface area contributed by atoms with E-state index in [1.807, 2.05) is 0 Å². The number of aromatic nitrogens is 2. The van der Waals surface area contributed by atoms with Gasteiger partial charge in [-0.2, -0.15) is 5.10 Å². The lowest BCUT2D eigenvalue weighted by Crippen LogP contribution is -2.16. The summed E-state index contributed by atoms with van der Waals surface area (Å²) in [5.41, 5.74) is 6.04. The lowest BCUT2D eigenvalue weighted by atomic mass is 9.87. The quantitative estimate of drug-likeness (QED) is 0.758. The van der Waals surface area contributed by atoms with Gasteiger partial charge >= 0.3 is 0 Å². The highest BCUT2D eigenvalue weighted by Crippen LogP contribution is 2.45. The monoisotopic (exact) mass is 211 g/mol. The van der Waals surface area contributed by atoms with Crippen molar-refractivity contribution >= 4 is 5.82 Å². The molecule has 0 unspecified atom stereocenters. The van der Waals surface area contributed by atoms with Gasteiger partial charge in [0, 0.05) is 13.0 Å². The highest BCUT2D eigenvalue weighted by Gasteiger charge is 2.44. The molecule has 4 nitrogen and oxygen atoms in total. The number of nitrogens with two attached hydrogens (primary N) is 1. The number of anilines is 1. The molecule has 2 aliphatic heterocycles. The highest BCUT2D eigenvalue weighted by atomic mass is 19.1. The van der Waals surface area contributed by atoms with E-state index in [4.69, 9.17) is 10.5 Å². The van der Waals surface area contributed by atoms with Crippen LogP contribution in [0.15, 0.2) is 0 Å². The molecule has 82 valence electrons. The lowest BCUT2D eigenvalue weighted by Gasteiger charge is -2.15. The van der Waals surface area contributed by atoms with Crippen LogP contribution >= 0.6 is 0 Å². The Balaban J connectivity index is 1.96. The smallest absolute Gasteiger partial charge is 0.188 e. The zero-order chi connectivity index (χ0) is 10.6. The van der Waals surface area contributed by atoms with Crippen molar-refractivity contribution in [1.29, 1.82) is 0 Å². The lowest BCUT2D eigenvalue weighted by molar-refractivity contribution is 0.0999. The van der Waals surface area contributed by atoms with Crippen molar-refractivity contribution in [2.24, 2.45) is 7.05 Å². The van der Waals surface area contributed by atoms with Gasteiger partial charge in [-0.3, -0.25) is 4.68 Å². The maximum atomic E-state index is 13.7. The van der Waals surface area contributed by atoms with Crippen LogP contribution in [0.3, 0.4) is 0 Å². The minimum absolute atomic E-state index is 0.104. The number of nitrogens with zero attached hydrogens (tertiary/aromatic N) is 2. The molecule has 3 atom stereocenters. The molecule has 2 fully saturated rings. The fraction of sp³-hybridized carbons (Fsp3) is 0.700. The molecule has 2 aliphatic rings. The van der Waals surface area contributed by atoms with Gasteiger partial charge in [0.15, 0.2) is 11.6 Å². The number of hydrogen-bond acceptors (Lipinski definition) is 3. The normalized spacial score (nSPS) is 33.9. The van der Waals surface area contributed by atoms with Crippen LogP contribution in [-0.4, -0.2) is 22.0 Å². The van der Waals surface area contributed by atoms with Crippen LogP contribution in [0.4, 0.5) is 10.2 Å². The molecule has 0 aliphatic carbocycles. The van der Waals surface area contributed by atoms with Crippen LogP contribution in [0.1, 0.15) is 30.9 Å². The van der Waals surface area contributed by atoms with Gasteiger partial charge in [0.05, 0.1) is 12.2 Å². The molecular formula is C10H14FN3O. The predicted molar refractivity (Wildman–Crippen MR) is 52.8 cm³/mol. The molecule has 0 aromatic carbocycles. The average Bonchev–Trinajstić information content (AvgIpc) is 2.89. The number of rotatable bonds is 1. The summed E-state index contributed by atoms with van der Waals surface area (Å²) >= 11 is 0. The second-order valence-electron chi connectivity index (χ2n) is 4.42. The molecule has 2 N–H and O–H groups in total. The van der Waals surface area contributed by atoms with Crippen molar-refractivity contribution in [3.05, 3.63) is 11.5 Å². The molecule has 3 rings (SSSR count). The Morgan fingerprint density at radius 3 is 2.80 bits per heavy atom. The Kier molecular flexibility index (Phi) is 1.80. The molecular weight excluding hydrogens is 197 g/mol. The Morgan fingerprint density at radius 1 is 1.53 bits per heavy atom. The van der Waals surface area contributed by atoms with E-state index in [1.165, 1.54) is 4.68 Å². The number of fused-ring (bicyclic) bond motifs is 2. The van der Waals surface area contributed by atoms with Gasteiger partial charge in [-0.05, 0) is 19.3 Å². The third-order valence-electron chi connectivity index (χ3n) is 3.51. The molecule has 15 heavy (non-hydrogen) atoms. The van der Waals surface area contributed by atoms with Crippen molar-refractivity contribution < 1.29 is 9.13 Å². The van der Waals surface area contributed by atoms with E-state index in [0.29, 0.717) is 11.8 Å². The molecule has 0 radical (unpaired) electrons.